The van der Waals surface area contributed by atoms with E-state index in [0.29, 0.717) is 17.8 Å². The van der Waals surface area contributed by atoms with Crippen LogP contribution in [0.4, 0.5) is 0 Å². The molecule has 0 aliphatic carbocycles. The molecule has 0 rings (SSSR count). The molecule has 0 spiro atoms. The first-order chi connectivity index (χ1) is 7.44. The van der Waals surface area contributed by atoms with Gasteiger partial charge in [0.15, 0.2) is 0 Å². The average molecular weight is 244 g/mol. The van der Waals surface area contributed by atoms with Gasteiger partial charge in [0, 0.05) is 6.04 Å². The first-order valence-corrected chi connectivity index (χ1v) is 6.46. The van der Waals surface area contributed by atoms with E-state index in [1.165, 1.54) is 0 Å². The van der Waals surface area contributed by atoms with Gasteiger partial charge in [0.2, 0.25) is 5.91 Å². The molecule has 0 aromatic carbocycles. The van der Waals surface area contributed by atoms with E-state index in [1.54, 1.807) is 0 Å². The standard InChI is InChI=1S/C12H24N2OS/c1-5-8-9(4)14-11(15)12(6-2,7-3)10(13)16/h9H,5-8H2,1-4H3,(H2,13,16)(H,14,15). The van der Waals surface area contributed by atoms with Gasteiger partial charge in [0.25, 0.3) is 0 Å². The monoisotopic (exact) mass is 244 g/mol. The maximum atomic E-state index is 12.2. The van der Waals surface area contributed by atoms with Gasteiger partial charge in [-0.3, -0.25) is 4.79 Å². The van der Waals surface area contributed by atoms with Gasteiger partial charge < -0.3 is 11.1 Å². The number of carbonyl (C=O) groups is 1. The number of nitrogens with one attached hydrogen (secondary N) is 1. The van der Waals surface area contributed by atoms with E-state index in [2.05, 4.69) is 12.2 Å². The number of nitrogens with two attached hydrogens (primary N) is 1. The Bertz CT molecular complexity index is 249. The first-order valence-electron chi connectivity index (χ1n) is 6.05. The third-order valence-electron chi connectivity index (χ3n) is 3.21. The van der Waals surface area contributed by atoms with Crippen molar-refractivity contribution in [2.45, 2.75) is 59.4 Å². The van der Waals surface area contributed by atoms with Crippen LogP contribution < -0.4 is 11.1 Å². The van der Waals surface area contributed by atoms with Gasteiger partial charge in [0.1, 0.15) is 0 Å². The Labute approximate surface area is 104 Å². The van der Waals surface area contributed by atoms with Crippen molar-refractivity contribution in [3.05, 3.63) is 0 Å². The van der Waals surface area contributed by atoms with Crippen molar-refractivity contribution in [2.24, 2.45) is 11.1 Å². The minimum Gasteiger partial charge on any atom is -0.392 e. The molecule has 0 fully saturated rings. The van der Waals surface area contributed by atoms with Crippen LogP contribution in [0.25, 0.3) is 0 Å². The molecule has 0 bridgehead atoms. The number of hydrogen-bond donors (Lipinski definition) is 2. The molecule has 0 aliphatic rings. The molecule has 0 heterocycles. The van der Waals surface area contributed by atoms with Crippen molar-refractivity contribution < 1.29 is 4.79 Å². The summed E-state index contributed by atoms with van der Waals surface area (Å²) in [5, 5.41) is 3.00. The Hall–Kier alpha value is -0.640. The van der Waals surface area contributed by atoms with Crippen LogP contribution in [0.3, 0.4) is 0 Å². The lowest BCUT2D eigenvalue weighted by Crippen LogP contribution is -2.50. The molecule has 1 amide bonds. The smallest absolute Gasteiger partial charge is 0.233 e. The lowest BCUT2D eigenvalue weighted by molar-refractivity contribution is -0.128. The number of rotatable bonds is 7. The summed E-state index contributed by atoms with van der Waals surface area (Å²) < 4.78 is 0. The number of thiocarbonyl (C=S) groups is 1. The molecule has 0 aliphatic heterocycles. The predicted molar refractivity (Wildman–Crippen MR) is 72.3 cm³/mol. The highest BCUT2D eigenvalue weighted by Gasteiger charge is 2.38. The second kappa shape index (κ2) is 6.84. The summed E-state index contributed by atoms with van der Waals surface area (Å²) >= 11 is 5.04. The Kier molecular flexibility index (Phi) is 6.56. The molecule has 0 aromatic heterocycles. The molecular weight excluding hydrogens is 220 g/mol. The van der Waals surface area contributed by atoms with Gasteiger partial charge in [-0.1, -0.05) is 39.4 Å². The Morgan fingerprint density at radius 2 is 1.88 bits per heavy atom. The molecule has 3 N–H and O–H groups in total. The second-order valence-electron chi connectivity index (χ2n) is 4.32. The summed E-state index contributed by atoms with van der Waals surface area (Å²) in [6.07, 6.45) is 3.35. The third-order valence-corrected chi connectivity index (χ3v) is 3.60. The average Bonchev–Trinajstić information content (AvgIpc) is 2.19. The van der Waals surface area contributed by atoms with Gasteiger partial charge in [-0.25, -0.2) is 0 Å². The van der Waals surface area contributed by atoms with Gasteiger partial charge in [0.05, 0.1) is 10.4 Å². The van der Waals surface area contributed by atoms with E-state index in [0.717, 1.165) is 12.8 Å². The van der Waals surface area contributed by atoms with Crippen molar-refractivity contribution in [3.63, 3.8) is 0 Å². The molecule has 0 radical (unpaired) electrons. The molecule has 3 nitrogen and oxygen atoms in total. The van der Waals surface area contributed by atoms with Crippen LogP contribution in [-0.4, -0.2) is 16.9 Å². The minimum absolute atomic E-state index is 0.0223. The molecule has 0 aromatic rings. The third kappa shape index (κ3) is 3.44. The molecule has 94 valence electrons. The zero-order valence-corrected chi connectivity index (χ0v) is 11.6. The van der Waals surface area contributed by atoms with Crippen LogP contribution in [-0.2, 0) is 4.79 Å². The lowest BCUT2D eigenvalue weighted by Gasteiger charge is -2.30. The summed E-state index contributed by atoms with van der Waals surface area (Å²) in [6, 6.07) is 0.185. The summed E-state index contributed by atoms with van der Waals surface area (Å²) in [5.74, 6) is -0.0223. The maximum Gasteiger partial charge on any atom is 0.233 e. The molecule has 0 saturated heterocycles. The summed E-state index contributed by atoms with van der Waals surface area (Å²) in [4.78, 5) is 12.5. The number of carbonyl (C=O) groups excluding carboxylic acids is 1. The topological polar surface area (TPSA) is 55.1 Å². The Balaban J connectivity index is 4.69. The van der Waals surface area contributed by atoms with Crippen molar-refractivity contribution in [1.29, 1.82) is 0 Å². The van der Waals surface area contributed by atoms with Crippen LogP contribution in [0.5, 0.6) is 0 Å². The fourth-order valence-corrected chi connectivity index (χ4v) is 2.28. The van der Waals surface area contributed by atoms with Gasteiger partial charge in [-0.15, -0.1) is 0 Å². The first kappa shape index (κ1) is 15.4. The molecule has 4 heteroatoms. The normalized spacial score (nSPS) is 13.2. The SMILES string of the molecule is CCCC(C)NC(=O)C(CC)(CC)C(N)=S. The van der Waals surface area contributed by atoms with Crippen molar-refractivity contribution in [2.75, 3.05) is 0 Å². The molecular formula is C12H24N2OS. The minimum atomic E-state index is -0.669. The Morgan fingerprint density at radius 3 is 2.19 bits per heavy atom. The summed E-state index contributed by atoms with van der Waals surface area (Å²) in [5.41, 5.74) is 5.04. The van der Waals surface area contributed by atoms with Crippen LogP contribution in [0.1, 0.15) is 53.4 Å². The molecule has 0 saturated carbocycles. The van der Waals surface area contributed by atoms with Gasteiger partial charge in [-0.2, -0.15) is 0 Å². The van der Waals surface area contributed by atoms with Crippen LogP contribution in [0.2, 0.25) is 0 Å². The van der Waals surface area contributed by atoms with Crippen LogP contribution in [0.15, 0.2) is 0 Å². The van der Waals surface area contributed by atoms with Crippen molar-refractivity contribution in [3.8, 4) is 0 Å². The molecule has 1 unspecified atom stereocenters. The number of hydrogen-bond acceptors (Lipinski definition) is 2. The van der Waals surface area contributed by atoms with Crippen LogP contribution >= 0.6 is 12.2 Å². The van der Waals surface area contributed by atoms with E-state index in [-0.39, 0.29) is 11.9 Å². The maximum absolute atomic E-state index is 12.2. The van der Waals surface area contributed by atoms with Crippen molar-refractivity contribution >= 4 is 23.1 Å². The van der Waals surface area contributed by atoms with Crippen LogP contribution in [0, 0.1) is 5.41 Å². The zero-order valence-electron chi connectivity index (χ0n) is 10.8. The van der Waals surface area contributed by atoms with E-state index in [9.17, 15) is 4.79 Å². The highest BCUT2D eigenvalue weighted by atomic mass is 32.1. The lowest BCUT2D eigenvalue weighted by atomic mass is 9.81. The Morgan fingerprint density at radius 1 is 1.38 bits per heavy atom. The molecule has 1 atom stereocenters. The highest BCUT2D eigenvalue weighted by molar-refractivity contribution is 7.80. The summed E-state index contributed by atoms with van der Waals surface area (Å²) in [6.45, 7) is 8.01. The second-order valence-corrected chi connectivity index (χ2v) is 4.76. The van der Waals surface area contributed by atoms with Gasteiger partial charge >= 0.3 is 0 Å². The quantitative estimate of drug-likeness (QED) is 0.676. The fraction of sp³-hybridized carbons (Fsp3) is 0.833. The summed E-state index contributed by atoms with van der Waals surface area (Å²) in [7, 11) is 0. The number of amides is 1. The van der Waals surface area contributed by atoms with E-state index >= 15 is 0 Å². The zero-order chi connectivity index (χ0) is 12.8. The van der Waals surface area contributed by atoms with Gasteiger partial charge in [-0.05, 0) is 26.2 Å². The largest absolute Gasteiger partial charge is 0.392 e. The van der Waals surface area contributed by atoms with E-state index in [1.807, 2.05) is 20.8 Å². The fourth-order valence-electron chi connectivity index (χ4n) is 1.90. The predicted octanol–water partition coefficient (Wildman–Crippen LogP) is 2.38. The van der Waals surface area contributed by atoms with E-state index in [4.69, 9.17) is 18.0 Å². The van der Waals surface area contributed by atoms with E-state index < -0.39 is 5.41 Å². The molecule has 16 heavy (non-hydrogen) atoms. The highest BCUT2D eigenvalue weighted by Crippen LogP contribution is 2.27. The van der Waals surface area contributed by atoms with Crippen molar-refractivity contribution in [1.82, 2.24) is 5.32 Å².